The third-order valence-electron chi connectivity index (χ3n) is 2.31. The lowest BCUT2D eigenvalue weighted by atomic mass is 10.3. The summed E-state index contributed by atoms with van der Waals surface area (Å²) in [5.74, 6) is 1.37. The molecule has 0 unspecified atom stereocenters. The Morgan fingerprint density at radius 2 is 2.18 bits per heavy atom. The molecule has 1 N–H and O–H groups in total. The number of nitrogens with one attached hydrogen (secondary N) is 1. The third-order valence-corrected chi connectivity index (χ3v) is 2.58. The van der Waals surface area contributed by atoms with Gasteiger partial charge in [-0.05, 0) is 36.5 Å². The van der Waals surface area contributed by atoms with E-state index in [1.54, 1.807) is 11.7 Å². The predicted molar refractivity (Wildman–Crippen MR) is 64.6 cm³/mol. The van der Waals surface area contributed by atoms with Gasteiger partial charge in [0.2, 0.25) is 0 Å². The summed E-state index contributed by atoms with van der Waals surface area (Å²) in [6.45, 7) is 0. The SMILES string of the molecule is COc1ccc(-n2c(CC#N)n[nH]c2=S)cc1. The second kappa shape index (κ2) is 4.80. The number of hydrogen-bond donors (Lipinski definition) is 1. The minimum Gasteiger partial charge on any atom is -0.497 e. The molecule has 2 aromatic rings. The lowest BCUT2D eigenvalue weighted by Gasteiger charge is -2.05. The van der Waals surface area contributed by atoms with Crippen LogP contribution < -0.4 is 4.74 Å². The van der Waals surface area contributed by atoms with Gasteiger partial charge in [0.05, 0.1) is 19.6 Å². The highest BCUT2D eigenvalue weighted by Gasteiger charge is 2.07. The number of nitrogens with zero attached hydrogens (tertiary/aromatic N) is 3. The van der Waals surface area contributed by atoms with Gasteiger partial charge in [-0.15, -0.1) is 0 Å². The number of rotatable bonds is 3. The summed E-state index contributed by atoms with van der Waals surface area (Å²) in [4.78, 5) is 0. The largest absolute Gasteiger partial charge is 0.497 e. The predicted octanol–water partition coefficient (Wildman–Crippen LogP) is 2.00. The first-order valence-corrected chi connectivity index (χ1v) is 5.34. The van der Waals surface area contributed by atoms with E-state index >= 15 is 0 Å². The molecule has 2 rings (SSSR count). The Morgan fingerprint density at radius 1 is 1.47 bits per heavy atom. The molecule has 0 aliphatic heterocycles. The Labute approximate surface area is 103 Å². The van der Waals surface area contributed by atoms with Crippen molar-refractivity contribution in [2.75, 3.05) is 7.11 Å². The molecule has 17 heavy (non-hydrogen) atoms. The molecule has 0 radical (unpaired) electrons. The van der Waals surface area contributed by atoms with E-state index in [-0.39, 0.29) is 6.42 Å². The van der Waals surface area contributed by atoms with Gasteiger partial charge in [0.25, 0.3) is 0 Å². The lowest BCUT2D eigenvalue weighted by Crippen LogP contribution is -2.00. The van der Waals surface area contributed by atoms with E-state index in [2.05, 4.69) is 16.3 Å². The molecular formula is C11H10N4OS. The van der Waals surface area contributed by atoms with E-state index in [0.29, 0.717) is 10.6 Å². The summed E-state index contributed by atoms with van der Waals surface area (Å²) >= 11 is 5.13. The Hall–Kier alpha value is -2.13. The molecule has 0 atom stereocenters. The fraction of sp³-hybridized carbons (Fsp3) is 0.182. The van der Waals surface area contributed by atoms with Gasteiger partial charge in [-0.1, -0.05) is 0 Å². The highest BCUT2D eigenvalue weighted by atomic mass is 32.1. The molecule has 86 valence electrons. The lowest BCUT2D eigenvalue weighted by molar-refractivity contribution is 0.414. The van der Waals surface area contributed by atoms with Crippen molar-refractivity contribution in [3.63, 3.8) is 0 Å². The van der Waals surface area contributed by atoms with Crippen molar-refractivity contribution in [2.24, 2.45) is 0 Å². The number of nitriles is 1. The Bertz CT molecular complexity index is 606. The van der Waals surface area contributed by atoms with Crippen LogP contribution in [0.25, 0.3) is 5.69 Å². The van der Waals surface area contributed by atoms with E-state index in [9.17, 15) is 0 Å². The highest BCUT2D eigenvalue weighted by Crippen LogP contribution is 2.16. The Balaban J connectivity index is 2.48. The summed E-state index contributed by atoms with van der Waals surface area (Å²) in [7, 11) is 1.61. The Morgan fingerprint density at radius 3 is 2.76 bits per heavy atom. The zero-order valence-corrected chi connectivity index (χ0v) is 9.99. The van der Waals surface area contributed by atoms with Gasteiger partial charge in [0.15, 0.2) is 4.77 Å². The quantitative estimate of drug-likeness (QED) is 0.841. The number of methoxy groups -OCH3 is 1. The zero-order valence-electron chi connectivity index (χ0n) is 9.17. The molecule has 0 saturated heterocycles. The maximum atomic E-state index is 8.71. The van der Waals surface area contributed by atoms with Gasteiger partial charge in [0, 0.05) is 5.69 Å². The average Bonchev–Trinajstić information content (AvgIpc) is 2.71. The highest BCUT2D eigenvalue weighted by molar-refractivity contribution is 7.71. The van der Waals surface area contributed by atoms with Crippen LogP contribution in [0.2, 0.25) is 0 Å². The fourth-order valence-electron chi connectivity index (χ4n) is 1.52. The summed E-state index contributed by atoms with van der Waals surface area (Å²) in [6.07, 6.45) is 0.208. The number of hydrogen-bond acceptors (Lipinski definition) is 4. The second-order valence-corrected chi connectivity index (χ2v) is 3.70. The minimum absolute atomic E-state index is 0.208. The van der Waals surface area contributed by atoms with Crippen molar-refractivity contribution in [3.8, 4) is 17.5 Å². The third kappa shape index (κ3) is 2.19. The van der Waals surface area contributed by atoms with Crippen LogP contribution in [0.5, 0.6) is 5.75 Å². The topological polar surface area (TPSA) is 66.6 Å². The average molecular weight is 246 g/mol. The number of H-pyrrole nitrogens is 1. The van der Waals surface area contributed by atoms with Gasteiger partial charge in [0.1, 0.15) is 11.6 Å². The summed E-state index contributed by atoms with van der Waals surface area (Å²) in [5.41, 5.74) is 0.856. The van der Waals surface area contributed by atoms with Crippen molar-refractivity contribution in [1.82, 2.24) is 14.8 Å². The molecule has 1 heterocycles. The molecule has 0 aliphatic rings. The molecule has 0 fully saturated rings. The van der Waals surface area contributed by atoms with E-state index in [4.69, 9.17) is 22.2 Å². The molecule has 1 aromatic carbocycles. The van der Waals surface area contributed by atoms with Gasteiger partial charge >= 0.3 is 0 Å². The second-order valence-electron chi connectivity index (χ2n) is 3.31. The monoisotopic (exact) mass is 246 g/mol. The summed E-state index contributed by atoms with van der Waals surface area (Å²) in [5, 5.41) is 15.4. The van der Waals surface area contributed by atoms with Gasteiger partial charge in [-0.25, -0.2) is 0 Å². The van der Waals surface area contributed by atoms with Crippen molar-refractivity contribution >= 4 is 12.2 Å². The Kier molecular flexibility index (Phi) is 3.21. The first-order chi connectivity index (χ1) is 8.26. The minimum atomic E-state index is 0.208. The first-order valence-electron chi connectivity index (χ1n) is 4.94. The smallest absolute Gasteiger partial charge is 0.199 e. The number of aromatic amines is 1. The van der Waals surface area contributed by atoms with Crippen LogP contribution in [0.15, 0.2) is 24.3 Å². The zero-order chi connectivity index (χ0) is 12.3. The summed E-state index contributed by atoms with van der Waals surface area (Å²) in [6, 6.07) is 9.46. The van der Waals surface area contributed by atoms with Crippen molar-refractivity contribution in [2.45, 2.75) is 6.42 Å². The molecule has 6 heteroatoms. The van der Waals surface area contributed by atoms with Gasteiger partial charge in [-0.3, -0.25) is 9.67 Å². The van der Waals surface area contributed by atoms with Crippen LogP contribution in [0.4, 0.5) is 0 Å². The summed E-state index contributed by atoms with van der Waals surface area (Å²) < 4.78 is 7.29. The van der Waals surface area contributed by atoms with Crippen LogP contribution in [0.1, 0.15) is 5.82 Å². The molecule has 0 amide bonds. The molecule has 0 saturated carbocycles. The van der Waals surface area contributed by atoms with Crippen molar-refractivity contribution < 1.29 is 4.74 Å². The number of ether oxygens (including phenoxy) is 1. The van der Waals surface area contributed by atoms with Crippen LogP contribution in [-0.2, 0) is 6.42 Å². The van der Waals surface area contributed by atoms with E-state index in [1.165, 1.54) is 0 Å². The fourth-order valence-corrected chi connectivity index (χ4v) is 1.77. The van der Waals surface area contributed by atoms with Crippen molar-refractivity contribution in [3.05, 3.63) is 34.9 Å². The maximum absolute atomic E-state index is 8.71. The van der Waals surface area contributed by atoms with Crippen LogP contribution >= 0.6 is 12.2 Å². The van der Waals surface area contributed by atoms with Crippen molar-refractivity contribution in [1.29, 1.82) is 5.26 Å². The van der Waals surface area contributed by atoms with Gasteiger partial charge in [-0.2, -0.15) is 10.4 Å². The number of aromatic nitrogens is 3. The van der Waals surface area contributed by atoms with E-state index < -0.39 is 0 Å². The normalized spacial score (nSPS) is 9.88. The van der Waals surface area contributed by atoms with Crippen LogP contribution in [0.3, 0.4) is 0 Å². The number of benzene rings is 1. The van der Waals surface area contributed by atoms with Crippen LogP contribution in [0, 0.1) is 16.1 Å². The molecule has 1 aromatic heterocycles. The standard InChI is InChI=1S/C11H10N4OS/c1-16-9-4-2-8(3-5-9)15-10(6-7-12)13-14-11(15)17/h2-5H,6H2,1H3,(H,14,17). The van der Waals surface area contributed by atoms with E-state index in [1.807, 2.05) is 24.3 Å². The van der Waals surface area contributed by atoms with Crippen LogP contribution in [-0.4, -0.2) is 21.9 Å². The van der Waals surface area contributed by atoms with Gasteiger partial charge < -0.3 is 4.74 Å². The molecule has 0 bridgehead atoms. The maximum Gasteiger partial charge on any atom is 0.199 e. The first kappa shape index (κ1) is 11.4. The van der Waals surface area contributed by atoms with E-state index in [0.717, 1.165) is 11.4 Å². The molecule has 5 nitrogen and oxygen atoms in total. The molecule has 0 aliphatic carbocycles. The molecule has 0 spiro atoms. The molecular weight excluding hydrogens is 236 g/mol.